The largest absolute Gasteiger partial charge is 0.370 e. The molecule has 46 heavy (non-hydrogen) atoms. The summed E-state index contributed by atoms with van der Waals surface area (Å²) in [5.74, 6) is -0.220. The highest BCUT2D eigenvalue weighted by molar-refractivity contribution is 5.87. The van der Waals surface area contributed by atoms with E-state index in [4.69, 9.17) is 11.5 Å². The highest BCUT2D eigenvalue weighted by Gasteiger charge is 2.20. The molecule has 0 aliphatic rings. The molecule has 2 amide bonds. The molecule has 0 rings (SSSR count). The molecule has 0 saturated heterocycles. The SMILES string of the molecule is CCC/C=C/CCC/C=C/CCCCCCCC(=O)NC(CCN=C(N)N)C(=O)NCCCCCCCCCCCCCCCC. The summed E-state index contributed by atoms with van der Waals surface area (Å²) in [6.07, 6.45) is 40.9. The topological polar surface area (TPSA) is 123 Å². The number of amides is 2. The van der Waals surface area contributed by atoms with Crippen LogP contribution in [-0.4, -0.2) is 36.9 Å². The maximum absolute atomic E-state index is 12.9. The summed E-state index contributed by atoms with van der Waals surface area (Å²) in [5, 5.41) is 5.95. The van der Waals surface area contributed by atoms with Gasteiger partial charge in [0.25, 0.3) is 0 Å². The van der Waals surface area contributed by atoms with Gasteiger partial charge in [-0.3, -0.25) is 14.6 Å². The number of carbonyl (C=O) groups excluding carboxylic acids is 2. The number of hydrogen-bond acceptors (Lipinski definition) is 3. The molecule has 1 unspecified atom stereocenters. The average Bonchev–Trinajstić information content (AvgIpc) is 3.04. The summed E-state index contributed by atoms with van der Waals surface area (Å²) >= 11 is 0. The monoisotopic (exact) mass is 646 g/mol. The lowest BCUT2D eigenvalue weighted by molar-refractivity contribution is -0.129. The molecule has 0 radical (unpaired) electrons. The van der Waals surface area contributed by atoms with Crippen LogP contribution in [0, 0.1) is 0 Å². The van der Waals surface area contributed by atoms with E-state index in [0.717, 1.165) is 44.9 Å². The highest BCUT2D eigenvalue weighted by Crippen LogP contribution is 2.13. The van der Waals surface area contributed by atoms with E-state index in [-0.39, 0.29) is 17.8 Å². The van der Waals surface area contributed by atoms with Gasteiger partial charge in [-0.05, 0) is 57.8 Å². The van der Waals surface area contributed by atoms with Crippen molar-refractivity contribution in [2.45, 2.75) is 193 Å². The number of carbonyl (C=O) groups is 2. The van der Waals surface area contributed by atoms with Crippen molar-refractivity contribution < 1.29 is 9.59 Å². The van der Waals surface area contributed by atoms with Crippen LogP contribution in [0.1, 0.15) is 187 Å². The summed E-state index contributed by atoms with van der Waals surface area (Å²) in [7, 11) is 0. The molecule has 0 spiro atoms. The first-order valence-electron chi connectivity index (χ1n) is 19.4. The zero-order chi connectivity index (χ0) is 33.8. The van der Waals surface area contributed by atoms with Gasteiger partial charge in [-0.2, -0.15) is 0 Å². The second kappa shape index (κ2) is 35.5. The van der Waals surface area contributed by atoms with E-state index in [1.807, 2.05) is 0 Å². The molecule has 0 aliphatic heterocycles. The highest BCUT2D eigenvalue weighted by atomic mass is 16.2. The van der Waals surface area contributed by atoms with Gasteiger partial charge in [-0.1, -0.05) is 147 Å². The molecule has 0 fully saturated rings. The molecule has 1 atom stereocenters. The Labute approximate surface area is 284 Å². The van der Waals surface area contributed by atoms with Gasteiger partial charge in [0.15, 0.2) is 5.96 Å². The van der Waals surface area contributed by atoms with E-state index in [1.165, 1.54) is 116 Å². The van der Waals surface area contributed by atoms with Gasteiger partial charge in [-0.25, -0.2) is 0 Å². The number of allylic oxidation sites excluding steroid dienone is 4. The quantitative estimate of drug-likeness (QED) is 0.0241. The predicted molar refractivity (Wildman–Crippen MR) is 200 cm³/mol. The second-order valence-corrected chi connectivity index (χ2v) is 13.1. The van der Waals surface area contributed by atoms with Crippen molar-refractivity contribution in [1.82, 2.24) is 10.6 Å². The zero-order valence-corrected chi connectivity index (χ0v) is 30.3. The van der Waals surface area contributed by atoms with Crippen LogP contribution in [0.15, 0.2) is 29.3 Å². The summed E-state index contributed by atoms with van der Waals surface area (Å²) in [6, 6.07) is -0.610. The molecule has 0 saturated carbocycles. The van der Waals surface area contributed by atoms with Gasteiger partial charge in [0, 0.05) is 19.5 Å². The third-order valence-electron chi connectivity index (χ3n) is 8.50. The normalized spacial score (nSPS) is 12.1. The summed E-state index contributed by atoms with van der Waals surface area (Å²) in [6.45, 7) is 5.43. The van der Waals surface area contributed by atoms with Crippen molar-refractivity contribution >= 4 is 17.8 Å². The van der Waals surface area contributed by atoms with Crippen LogP contribution in [0.4, 0.5) is 0 Å². The lowest BCUT2D eigenvalue weighted by Crippen LogP contribution is -2.47. The van der Waals surface area contributed by atoms with Crippen LogP contribution >= 0.6 is 0 Å². The van der Waals surface area contributed by atoms with E-state index >= 15 is 0 Å². The van der Waals surface area contributed by atoms with Crippen molar-refractivity contribution in [1.29, 1.82) is 0 Å². The van der Waals surface area contributed by atoms with Crippen LogP contribution < -0.4 is 22.1 Å². The minimum Gasteiger partial charge on any atom is -0.370 e. The van der Waals surface area contributed by atoms with Crippen molar-refractivity contribution in [3.63, 3.8) is 0 Å². The molecule has 268 valence electrons. The van der Waals surface area contributed by atoms with E-state index < -0.39 is 6.04 Å². The Bertz CT molecular complexity index is 776. The Morgan fingerprint density at radius 3 is 1.61 bits per heavy atom. The number of nitrogens with zero attached hydrogens (tertiary/aromatic N) is 1. The molecule has 0 bridgehead atoms. The Kier molecular flexibility index (Phi) is 33.8. The molecule has 0 aromatic carbocycles. The standard InChI is InChI=1S/C39H75N5O2/c1-3-5-7-9-11-13-15-17-19-20-22-24-26-28-30-32-37(45)44-36(33-35-43-39(40)41)38(46)42-34-31-29-27-25-23-21-18-16-14-12-10-8-6-4-2/h7,9,17,19,36H,3-6,8,10-16,18,20-35H2,1-2H3,(H,42,46)(H,44,45)(H4,40,41,43)/b9-7+,19-17+. The number of rotatable bonds is 34. The maximum atomic E-state index is 12.9. The zero-order valence-electron chi connectivity index (χ0n) is 30.3. The fourth-order valence-corrected chi connectivity index (χ4v) is 5.58. The number of aliphatic imine (C=N–C) groups is 1. The molecule has 7 heteroatoms. The molecule has 0 aromatic heterocycles. The van der Waals surface area contributed by atoms with Gasteiger partial charge in [0.05, 0.1) is 0 Å². The first-order chi connectivity index (χ1) is 22.5. The van der Waals surface area contributed by atoms with E-state index in [2.05, 4.69) is 53.8 Å². The van der Waals surface area contributed by atoms with Gasteiger partial charge >= 0.3 is 0 Å². The number of unbranched alkanes of at least 4 members (excludes halogenated alkanes) is 21. The number of nitrogens with two attached hydrogens (primary N) is 2. The lowest BCUT2D eigenvalue weighted by atomic mass is 10.0. The fourth-order valence-electron chi connectivity index (χ4n) is 5.58. The van der Waals surface area contributed by atoms with E-state index in [0.29, 0.717) is 25.9 Å². The summed E-state index contributed by atoms with van der Waals surface area (Å²) < 4.78 is 0. The number of guanidine groups is 1. The maximum Gasteiger partial charge on any atom is 0.242 e. The van der Waals surface area contributed by atoms with Crippen LogP contribution in [0.3, 0.4) is 0 Å². The third-order valence-corrected chi connectivity index (χ3v) is 8.50. The van der Waals surface area contributed by atoms with Crippen LogP contribution in [-0.2, 0) is 9.59 Å². The predicted octanol–water partition coefficient (Wildman–Crippen LogP) is 9.55. The van der Waals surface area contributed by atoms with Gasteiger partial charge < -0.3 is 22.1 Å². The summed E-state index contributed by atoms with van der Waals surface area (Å²) in [4.78, 5) is 29.5. The summed E-state index contributed by atoms with van der Waals surface area (Å²) in [5.41, 5.74) is 10.9. The Morgan fingerprint density at radius 1 is 0.587 bits per heavy atom. The molecular formula is C39H75N5O2. The van der Waals surface area contributed by atoms with E-state index in [1.54, 1.807) is 0 Å². The number of nitrogens with one attached hydrogen (secondary N) is 2. The minimum atomic E-state index is -0.610. The Morgan fingerprint density at radius 2 is 1.07 bits per heavy atom. The van der Waals surface area contributed by atoms with Gasteiger partial charge in [0.1, 0.15) is 6.04 Å². The lowest BCUT2D eigenvalue weighted by Gasteiger charge is -2.18. The van der Waals surface area contributed by atoms with Crippen molar-refractivity contribution in [2.24, 2.45) is 16.5 Å². The first kappa shape index (κ1) is 43.7. The van der Waals surface area contributed by atoms with Gasteiger partial charge in [-0.15, -0.1) is 0 Å². The molecular weight excluding hydrogens is 570 g/mol. The molecule has 0 aliphatic carbocycles. The second-order valence-electron chi connectivity index (χ2n) is 13.1. The van der Waals surface area contributed by atoms with Crippen molar-refractivity contribution in [3.05, 3.63) is 24.3 Å². The van der Waals surface area contributed by atoms with Gasteiger partial charge in [0.2, 0.25) is 11.8 Å². The van der Waals surface area contributed by atoms with Crippen LogP contribution in [0.2, 0.25) is 0 Å². The number of hydrogen-bond donors (Lipinski definition) is 4. The fraction of sp³-hybridized carbons (Fsp3) is 0.821. The smallest absolute Gasteiger partial charge is 0.242 e. The van der Waals surface area contributed by atoms with Crippen LogP contribution in [0.5, 0.6) is 0 Å². The van der Waals surface area contributed by atoms with Crippen LogP contribution in [0.25, 0.3) is 0 Å². The molecule has 6 N–H and O–H groups in total. The Hall–Kier alpha value is -2.31. The van der Waals surface area contributed by atoms with Crippen molar-refractivity contribution in [3.8, 4) is 0 Å². The third kappa shape index (κ3) is 33.1. The molecule has 0 aromatic rings. The Balaban J connectivity index is 3.97. The first-order valence-corrected chi connectivity index (χ1v) is 19.4. The average molecular weight is 646 g/mol. The molecule has 0 heterocycles. The van der Waals surface area contributed by atoms with E-state index in [9.17, 15) is 9.59 Å². The minimum absolute atomic E-state index is 0.00128. The van der Waals surface area contributed by atoms with Crippen molar-refractivity contribution in [2.75, 3.05) is 13.1 Å². The molecule has 7 nitrogen and oxygen atoms in total.